The SMILES string of the molecule is CN(C/C=C/C(=O)N1CCC[C@@H](n2cc(-c3ccc(Oc4ccccc4)cc3)c3c(N)n[nH]c(=O)c32)C1)C1CCC1.CN(C/C=C/C(=O)N1CCC[C@@H](n2cc(-c3ccc(Oc4ccccc4)cc3)c3c(N)n[nH]c(=O)c32)C1)C1CCCCC1.Nc1n[nH]c(=O)c2c1c(-c1ccc(Oc3ccccc3)cc1)cn2[C@@H]1CCCN(C(=O)/C=C/CN2CCC2)C1. The number of rotatable bonds is 23. The molecule has 123 heavy (non-hydrogen) atoms. The number of aromatic amines is 3. The van der Waals surface area contributed by atoms with Crippen molar-refractivity contribution in [2.75, 3.05) is 103 Å². The number of likely N-dealkylation sites (N-methyl/N-ethyl adjacent to an activating group) is 2. The standard InChI is InChI=1S/C34H40N6O3.C32H36N6O3.C30H32N6O3/c1-38(25-10-4-2-5-11-25)20-9-15-30(41)39-21-8-12-26(22-39)40-23-29(31-32(40)34(42)37-36-33(31)35)24-16-18-28(19-17-24)43-27-13-6-3-7-14-27;1-36(23-8-5-9-23)18-7-13-28(39)37-19-6-10-24(20-37)38-21-27(29-30(38)32(40)35-34-31(29)33)22-14-16-26(17-15-22)41-25-11-3-2-4-12-25;31-29-27-25(21-11-13-24(14-12-21)39-23-8-2-1-3-9-23)20-36(28(27)30(38)33-32-29)22-7-4-18-35(19-22)26(37)10-5-15-34-16-6-17-34/h3,6-7,9,13-19,23,25-26H,2,4-5,8,10-12,20-22H2,1H3,(H2,35,36)(H,37,42);2-4,7,11-17,21,23-24H,5-6,8-10,18-20H2,1H3,(H2,33,34)(H,35,40);1-3,5,8-14,20,22H,4,6-7,15-19H2,(H2,31,32)(H,33,38)/b15-9+;13-7+;10-5+/t26-;24-;22-/m111/s1. The molecule has 27 nitrogen and oxygen atoms in total. The molecule has 18 rings (SSSR count). The topological polar surface area (TPSA) is 328 Å². The highest BCUT2D eigenvalue weighted by Crippen LogP contribution is 2.42. The number of fused-ring (bicyclic) bond motifs is 3. The summed E-state index contributed by atoms with van der Waals surface area (Å²) in [5.74, 6) is 5.24. The van der Waals surface area contributed by atoms with Gasteiger partial charge in [0.15, 0.2) is 17.5 Å². The molecule has 6 aromatic carbocycles. The number of carbonyl (C=O) groups is 3. The maximum absolute atomic E-state index is 13.2. The van der Waals surface area contributed by atoms with Crippen LogP contribution in [0.3, 0.4) is 0 Å². The molecular formula is C96H108N18O9. The number of benzene rings is 6. The van der Waals surface area contributed by atoms with Crippen molar-refractivity contribution in [2.24, 2.45) is 0 Å². The maximum Gasteiger partial charge on any atom is 0.288 e. The Morgan fingerprint density at radius 3 is 0.992 bits per heavy atom. The van der Waals surface area contributed by atoms with Gasteiger partial charge in [0, 0.05) is 124 Å². The Kier molecular flexibility index (Phi) is 26.3. The van der Waals surface area contributed by atoms with E-state index in [4.69, 9.17) is 31.4 Å². The van der Waals surface area contributed by atoms with Crippen molar-refractivity contribution in [2.45, 2.75) is 127 Å². The Hall–Kier alpha value is -13.1. The number of para-hydroxylation sites is 3. The number of likely N-dealkylation sites (tertiary alicyclic amines) is 4. The van der Waals surface area contributed by atoms with Gasteiger partial charge in [-0.3, -0.25) is 43.5 Å². The molecule has 2 aliphatic carbocycles. The fraction of sp³-hybridized carbons (Fsp3) is 0.344. The molecule has 6 aromatic heterocycles. The van der Waals surface area contributed by atoms with Crippen LogP contribution in [-0.2, 0) is 14.4 Å². The van der Waals surface area contributed by atoms with Gasteiger partial charge in [0.05, 0.1) is 34.3 Å². The number of H-pyrrole nitrogens is 3. The molecule has 4 aliphatic heterocycles. The number of anilines is 3. The van der Waals surface area contributed by atoms with Gasteiger partial charge in [-0.05, 0) is 187 Å². The first kappa shape index (κ1) is 83.5. The van der Waals surface area contributed by atoms with E-state index in [1.165, 1.54) is 57.8 Å². The molecule has 27 heteroatoms. The summed E-state index contributed by atoms with van der Waals surface area (Å²) in [6, 6.07) is 53.1. The predicted molar refractivity (Wildman–Crippen MR) is 483 cm³/mol. The molecule has 9 N–H and O–H groups in total. The third-order valence-electron chi connectivity index (χ3n) is 24.9. The van der Waals surface area contributed by atoms with E-state index in [2.05, 4.69) is 59.4 Å². The van der Waals surface area contributed by atoms with Crippen LogP contribution in [0.15, 0.2) is 233 Å². The molecule has 0 unspecified atom stereocenters. The van der Waals surface area contributed by atoms with Crippen LogP contribution in [0.1, 0.15) is 114 Å². The highest BCUT2D eigenvalue weighted by atomic mass is 16.5. The average Bonchev–Trinajstić information content (AvgIpc) is 1.61. The molecule has 6 fully saturated rings. The van der Waals surface area contributed by atoms with E-state index >= 15 is 0 Å². The molecule has 3 amide bonds. The van der Waals surface area contributed by atoms with Crippen molar-refractivity contribution < 1.29 is 28.6 Å². The van der Waals surface area contributed by atoms with E-state index < -0.39 is 0 Å². The van der Waals surface area contributed by atoms with E-state index in [1.54, 1.807) is 18.2 Å². The lowest BCUT2D eigenvalue weighted by molar-refractivity contribution is -0.128. The Labute approximate surface area is 714 Å². The van der Waals surface area contributed by atoms with Crippen LogP contribution in [0.2, 0.25) is 0 Å². The number of nitrogens with two attached hydrogens (primary N) is 3. The zero-order valence-corrected chi connectivity index (χ0v) is 69.8. The van der Waals surface area contributed by atoms with E-state index in [0.29, 0.717) is 101 Å². The molecule has 12 aromatic rings. The number of carbonyl (C=O) groups excluding carboxylic acids is 3. The van der Waals surface area contributed by atoms with Gasteiger partial charge in [-0.25, -0.2) is 15.3 Å². The molecule has 636 valence electrons. The van der Waals surface area contributed by atoms with Crippen molar-refractivity contribution in [1.29, 1.82) is 0 Å². The number of nitrogens with one attached hydrogen (secondary N) is 3. The number of ether oxygens (including phenoxy) is 3. The second-order valence-electron chi connectivity index (χ2n) is 33.0. The zero-order chi connectivity index (χ0) is 84.9. The molecule has 10 heterocycles. The van der Waals surface area contributed by atoms with Gasteiger partial charge in [-0.1, -0.05) is 135 Å². The minimum absolute atomic E-state index is 0.0116. The van der Waals surface area contributed by atoms with Crippen LogP contribution < -0.4 is 48.1 Å². The molecule has 0 spiro atoms. The molecule has 0 radical (unpaired) electrons. The van der Waals surface area contributed by atoms with E-state index in [1.807, 2.05) is 229 Å². The number of hydrogen-bond acceptors (Lipinski definition) is 18. The summed E-state index contributed by atoms with van der Waals surface area (Å²) in [6.45, 7) is 8.25. The van der Waals surface area contributed by atoms with Crippen molar-refractivity contribution >= 4 is 67.9 Å². The zero-order valence-electron chi connectivity index (χ0n) is 69.8. The Balaban J connectivity index is 0.000000137. The second-order valence-corrected chi connectivity index (χ2v) is 33.0. The summed E-state index contributed by atoms with van der Waals surface area (Å²) in [6.07, 6.45) is 33.5. The Bertz CT molecular complexity index is 5950. The number of amides is 3. The van der Waals surface area contributed by atoms with Gasteiger partial charge in [0.1, 0.15) is 51.0 Å². The molecule has 0 bridgehead atoms. The minimum atomic E-state index is -0.299. The summed E-state index contributed by atoms with van der Waals surface area (Å²) < 4.78 is 23.8. The average molecular weight is 1660 g/mol. The lowest BCUT2D eigenvalue weighted by atomic mass is 9.92. The fourth-order valence-electron chi connectivity index (χ4n) is 17.8. The predicted octanol–water partition coefficient (Wildman–Crippen LogP) is 14.9. The summed E-state index contributed by atoms with van der Waals surface area (Å²) >= 11 is 0. The van der Waals surface area contributed by atoms with Gasteiger partial charge < -0.3 is 59.8 Å². The molecule has 3 atom stereocenters. The van der Waals surface area contributed by atoms with Gasteiger partial charge in [-0.15, -0.1) is 0 Å². The van der Waals surface area contributed by atoms with Crippen molar-refractivity contribution in [3.63, 3.8) is 0 Å². The fourth-order valence-corrected chi connectivity index (χ4v) is 17.8. The van der Waals surface area contributed by atoms with E-state index in [0.717, 1.165) is 122 Å². The first-order chi connectivity index (χ1) is 60.0. The quantitative estimate of drug-likeness (QED) is 0.0324. The lowest BCUT2D eigenvalue weighted by Crippen LogP contribution is -2.40. The van der Waals surface area contributed by atoms with E-state index in [-0.39, 0.29) is 70.0 Å². The second kappa shape index (κ2) is 38.7. The first-order valence-corrected chi connectivity index (χ1v) is 43.2. The monoisotopic (exact) mass is 1660 g/mol. The summed E-state index contributed by atoms with van der Waals surface area (Å²) in [7, 11) is 4.27. The Morgan fingerprint density at radius 2 is 0.691 bits per heavy atom. The van der Waals surface area contributed by atoms with Crippen LogP contribution >= 0.6 is 0 Å². The third-order valence-corrected chi connectivity index (χ3v) is 24.9. The first-order valence-electron chi connectivity index (χ1n) is 43.2. The van der Waals surface area contributed by atoms with Crippen LogP contribution in [0, 0.1) is 0 Å². The van der Waals surface area contributed by atoms with Gasteiger partial charge in [0.2, 0.25) is 17.7 Å². The van der Waals surface area contributed by atoms with Crippen molar-refractivity contribution in [3.05, 3.63) is 250 Å². The third kappa shape index (κ3) is 19.6. The lowest BCUT2D eigenvalue weighted by Gasteiger charge is -2.34. The highest BCUT2D eigenvalue weighted by Gasteiger charge is 2.33. The number of hydrogen-bond donors (Lipinski definition) is 6. The van der Waals surface area contributed by atoms with Gasteiger partial charge in [0.25, 0.3) is 16.7 Å². The maximum atomic E-state index is 13.2. The normalized spacial score (nSPS) is 18.0. The molecule has 4 saturated heterocycles. The number of nitrogen functional groups attached to an aromatic ring is 3. The summed E-state index contributed by atoms with van der Waals surface area (Å²) in [5, 5.41) is 21.7. The molecule has 6 aliphatic rings. The summed E-state index contributed by atoms with van der Waals surface area (Å²) in [4.78, 5) is 91.1. The van der Waals surface area contributed by atoms with Crippen molar-refractivity contribution in [1.82, 2.24) is 73.7 Å². The summed E-state index contributed by atoms with van der Waals surface area (Å²) in [5.41, 5.74) is 24.7. The number of piperidine rings is 3. The van der Waals surface area contributed by atoms with Crippen LogP contribution in [0.4, 0.5) is 17.5 Å². The number of aromatic nitrogens is 9. The largest absolute Gasteiger partial charge is 0.457 e. The van der Waals surface area contributed by atoms with Crippen molar-refractivity contribution in [3.8, 4) is 67.9 Å². The highest BCUT2D eigenvalue weighted by molar-refractivity contribution is 6.04. The minimum Gasteiger partial charge on any atom is -0.457 e. The molecule has 2 saturated carbocycles. The smallest absolute Gasteiger partial charge is 0.288 e. The van der Waals surface area contributed by atoms with E-state index in [9.17, 15) is 28.8 Å². The number of nitrogens with zero attached hydrogens (tertiary/aromatic N) is 12. The van der Waals surface area contributed by atoms with Gasteiger partial charge >= 0.3 is 0 Å². The van der Waals surface area contributed by atoms with Gasteiger partial charge in [-0.2, -0.15) is 15.3 Å². The molecular weight excluding hydrogens is 1550 g/mol. The van der Waals surface area contributed by atoms with Crippen LogP contribution in [-0.4, -0.2) is 190 Å². The van der Waals surface area contributed by atoms with Crippen LogP contribution in [0.25, 0.3) is 66.1 Å². The Morgan fingerprint density at radius 1 is 0.382 bits per heavy atom. The van der Waals surface area contributed by atoms with Crippen LogP contribution in [0.5, 0.6) is 34.5 Å².